The molecule has 0 saturated heterocycles. The van der Waals surface area contributed by atoms with E-state index in [9.17, 15) is 9.59 Å². The van der Waals surface area contributed by atoms with E-state index in [0.717, 1.165) is 5.03 Å². The standard InChI is InChI=1S/C19H15Br2ClN5O3S.Y/c1-30-26-25-18(28)11-8-10(20)9-12(21)16(11)24-19(29)14-5-6-15(31-2)27(14)17-13(22)4-3-7-23-17;/h3-9H,1-2H3,(H2,24,25,28,29);/q-1;. The van der Waals surface area contributed by atoms with E-state index in [1.165, 1.54) is 18.9 Å². The molecule has 2 N–H and O–H groups in total. The Kier molecular flexibility index (Phi) is 10.8. The van der Waals surface area contributed by atoms with Crippen LogP contribution in [0.3, 0.4) is 0 Å². The van der Waals surface area contributed by atoms with Crippen molar-refractivity contribution in [2.45, 2.75) is 5.03 Å². The number of carbonyl (C=O) groups excluding carboxylic acids is 2. The summed E-state index contributed by atoms with van der Waals surface area (Å²) in [6.45, 7) is 0. The van der Waals surface area contributed by atoms with Crippen LogP contribution in [0.4, 0.5) is 5.69 Å². The second-order valence-corrected chi connectivity index (χ2v) is 8.89. The summed E-state index contributed by atoms with van der Waals surface area (Å²) in [4.78, 5) is 34.6. The fraction of sp³-hybridized carbons (Fsp3) is 0.105. The number of halogens is 3. The van der Waals surface area contributed by atoms with Crippen molar-refractivity contribution in [2.24, 2.45) is 0 Å². The minimum absolute atomic E-state index is 0. The summed E-state index contributed by atoms with van der Waals surface area (Å²) >= 11 is 14.5. The van der Waals surface area contributed by atoms with Gasteiger partial charge in [-0.25, -0.2) is 4.98 Å². The number of hydrogen-bond donors (Lipinski definition) is 2. The molecule has 2 heterocycles. The van der Waals surface area contributed by atoms with Gasteiger partial charge in [0.25, 0.3) is 5.91 Å². The number of nitrogens with one attached hydrogen (secondary N) is 2. The van der Waals surface area contributed by atoms with Crippen LogP contribution in [0.1, 0.15) is 20.8 Å². The van der Waals surface area contributed by atoms with Crippen LogP contribution in [0.2, 0.25) is 5.02 Å². The summed E-state index contributed by atoms with van der Waals surface area (Å²) in [5, 5.41) is 3.97. The van der Waals surface area contributed by atoms with E-state index in [0.29, 0.717) is 25.5 Å². The minimum atomic E-state index is -0.563. The van der Waals surface area contributed by atoms with Crippen molar-refractivity contribution in [1.29, 1.82) is 0 Å². The summed E-state index contributed by atoms with van der Waals surface area (Å²) in [6.07, 6.45) is 3.48. The second-order valence-electron chi connectivity index (χ2n) is 5.88. The molecule has 165 valence electrons. The van der Waals surface area contributed by atoms with Crippen LogP contribution < -0.4 is 10.7 Å². The Morgan fingerprint density at radius 3 is 2.62 bits per heavy atom. The first-order valence-corrected chi connectivity index (χ1v) is 11.8. The molecule has 13 heteroatoms. The van der Waals surface area contributed by atoms with E-state index in [1.807, 2.05) is 6.26 Å². The molecule has 3 aromatic rings. The molecule has 0 aliphatic heterocycles. The van der Waals surface area contributed by atoms with Gasteiger partial charge in [0.2, 0.25) is 5.91 Å². The summed E-state index contributed by atoms with van der Waals surface area (Å²) in [7, 11) is 1.31. The predicted octanol–water partition coefficient (Wildman–Crippen LogP) is 5.60. The van der Waals surface area contributed by atoms with Crippen LogP contribution in [0, 0.1) is 0 Å². The van der Waals surface area contributed by atoms with Gasteiger partial charge in [-0.05, 0) is 58.6 Å². The molecule has 8 nitrogen and oxygen atoms in total. The van der Waals surface area contributed by atoms with E-state index in [4.69, 9.17) is 11.6 Å². The number of benzene rings is 1. The van der Waals surface area contributed by atoms with Gasteiger partial charge in [0.05, 0.1) is 21.3 Å². The van der Waals surface area contributed by atoms with Gasteiger partial charge in [0.1, 0.15) is 5.69 Å². The van der Waals surface area contributed by atoms with E-state index >= 15 is 0 Å². The van der Waals surface area contributed by atoms with Crippen LogP contribution in [0.5, 0.6) is 0 Å². The third-order valence-electron chi connectivity index (χ3n) is 4.01. The van der Waals surface area contributed by atoms with Gasteiger partial charge in [-0.15, -0.1) is 11.8 Å². The van der Waals surface area contributed by atoms with Gasteiger partial charge >= 0.3 is 0 Å². The third kappa shape index (κ3) is 6.21. The maximum Gasteiger partial charge on any atom is 0.272 e. The fourth-order valence-electron chi connectivity index (χ4n) is 2.72. The molecular formula is C19H15Br2ClN5O3SY-. The molecular weight excluding hydrogens is 662 g/mol. The number of aromatic nitrogens is 2. The van der Waals surface area contributed by atoms with Crippen LogP contribution >= 0.6 is 55.2 Å². The third-order valence-corrected chi connectivity index (χ3v) is 6.13. The number of rotatable bonds is 7. The molecule has 0 spiro atoms. The number of amides is 2. The van der Waals surface area contributed by atoms with Crippen LogP contribution in [0.15, 0.2) is 56.6 Å². The molecule has 0 atom stereocenters. The van der Waals surface area contributed by atoms with Crippen molar-refractivity contribution in [3.05, 3.63) is 73.4 Å². The van der Waals surface area contributed by atoms with Gasteiger partial charge in [-0.2, -0.15) is 0 Å². The largest absolute Gasteiger partial charge is 0.470 e. The molecule has 2 aromatic heterocycles. The summed E-state index contributed by atoms with van der Waals surface area (Å²) in [5.41, 5.74) is 6.38. The monoisotopic (exact) mass is 675 g/mol. The number of nitrogens with zero attached hydrogens (tertiary/aromatic N) is 3. The minimum Gasteiger partial charge on any atom is -0.470 e. The van der Waals surface area contributed by atoms with Crippen LogP contribution in [-0.4, -0.2) is 34.7 Å². The van der Waals surface area contributed by atoms with E-state index in [1.54, 1.807) is 47.2 Å². The number of pyridine rings is 1. The molecule has 0 unspecified atom stereocenters. The van der Waals surface area contributed by atoms with Gasteiger partial charge in [-0.3, -0.25) is 14.2 Å². The van der Waals surface area contributed by atoms with E-state index < -0.39 is 11.8 Å². The maximum atomic E-state index is 13.3. The van der Waals surface area contributed by atoms with Crippen LogP contribution in [0.25, 0.3) is 11.4 Å². The fourth-order valence-corrected chi connectivity index (χ4v) is 4.82. The first-order valence-electron chi connectivity index (χ1n) is 8.58. The van der Waals surface area contributed by atoms with Crippen molar-refractivity contribution >= 4 is 72.7 Å². The molecule has 1 radical (unpaired) electrons. The van der Waals surface area contributed by atoms with Crippen molar-refractivity contribution in [3.8, 4) is 5.82 Å². The van der Waals surface area contributed by atoms with Gasteiger partial charge < -0.3 is 21.2 Å². The second kappa shape index (κ2) is 12.6. The average Bonchev–Trinajstić information content (AvgIpc) is 3.18. The Balaban J connectivity index is 0.00000363. The zero-order valence-corrected chi connectivity index (χ0v) is 24.3. The van der Waals surface area contributed by atoms with Crippen molar-refractivity contribution in [2.75, 3.05) is 18.7 Å². The summed E-state index contributed by atoms with van der Waals surface area (Å²) in [6, 6.07) is 10.1. The Morgan fingerprint density at radius 2 is 1.97 bits per heavy atom. The van der Waals surface area contributed by atoms with Gasteiger partial charge in [0.15, 0.2) is 5.82 Å². The van der Waals surface area contributed by atoms with Gasteiger partial charge in [0, 0.05) is 55.0 Å². The average molecular weight is 678 g/mol. The molecule has 0 fully saturated rings. The molecule has 0 aliphatic rings. The van der Waals surface area contributed by atoms with Crippen molar-refractivity contribution in [1.82, 2.24) is 15.0 Å². The Labute approximate surface area is 235 Å². The predicted molar refractivity (Wildman–Crippen MR) is 128 cm³/mol. The molecule has 0 bridgehead atoms. The molecule has 0 aliphatic carbocycles. The SMILES string of the molecule is CO[N-]NC(=O)c1cc(Br)cc(Br)c1NC(=O)c1ccc(SC)n1-c1ncccc1Cl.[Y]. The Bertz CT molecular complexity index is 1150. The number of carbonyl (C=O) groups is 2. The Morgan fingerprint density at radius 1 is 1.22 bits per heavy atom. The maximum absolute atomic E-state index is 13.3. The molecule has 1 aromatic carbocycles. The normalized spacial score (nSPS) is 10.4. The molecule has 3 rings (SSSR count). The van der Waals surface area contributed by atoms with Crippen molar-refractivity contribution in [3.63, 3.8) is 0 Å². The number of hydrogen-bond acceptors (Lipinski definition) is 5. The van der Waals surface area contributed by atoms with Crippen molar-refractivity contribution < 1.29 is 47.1 Å². The van der Waals surface area contributed by atoms with Crippen LogP contribution in [-0.2, 0) is 37.5 Å². The van der Waals surface area contributed by atoms with Gasteiger partial charge in [-0.1, -0.05) is 27.5 Å². The zero-order chi connectivity index (χ0) is 22.5. The van der Waals surface area contributed by atoms with E-state index in [2.05, 4.69) is 58.0 Å². The quantitative estimate of drug-likeness (QED) is 0.251. The topological polar surface area (TPSA) is 99.4 Å². The first-order chi connectivity index (χ1) is 14.9. The smallest absolute Gasteiger partial charge is 0.272 e. The first kappa shape index (κ1) is 27.5. The zero-order valence-electron chi connectivity index (χ0n) is 16.7. The van der Waals surface area contributed by atoms with E-state index in [-0.39, 0.29) is 44.0 Å². The molecule has 2 amide bonds. The Hall–Kier alpha value is -0.786. The summed E-state index contributed by atoms with van der Waals surface area (Å²) in [5.74, 6) is -0.592. The number of thioether (sulfide) groups is 1. The molecule has 0 saturated carbocycles. The summed E-state index contributed by atoms with van der Waals surface area (Å²) < 4.78 is 2.79. The number of anilines is 1. The molecule has 32 heavy (non-hydrogen) atoms.